The van der Waals surface area contributed by atoms with Gasteiger partial charge in [0.2, 0.25) is 5.91 Å². The number of fused-ring (bicyclic) bond motifs is 1. The minimum atomic E-state index is -0.570. The molecule has 0 radical (unpaired) electrons. The molecule has 0 spiro atoms. The molecule has 2 aromatic carbocycles. The maximum atomic E-state index is 13.0. The summed E-state index contributed by atoms with van der Waals surface area (Å²) in [6.07, 6.45) is 0. The first-order chi connectivity index (χ1) is 14.7. The lowest BCUT2D eigenvalue weighted by molar-refractivity contribution is -0.384. The first-order valence-electron chi connectivity index (χ1n) is 9.22. The van der Waals surface area contributed by atoms with Crippen LogP contribution < -0.4 is 10.9 Å². The molecule has 31 heavy (non-hydrogen) atoms. The van der Waals surface area contributed by atoms with E-state index in [4.69, 9.17) is 23.2 Å². The van der Waals surface area contributed by atoms with Crippen molar-refractivity contribution >= 4 is 63.1 Å². The van der Waals surface area contributed by atoms with Crippen molar-refractivity contribution in [2.45, 2.75) is 25.5 Å². The van der Waals surface area contributed by atoms with Gasteiger partial charge in [0, 0.05) is 23.7 Å². The number of rotatable bonds is 7. The molecule has 11 heteroatoms. The molecular formula is C20H18Cl2N4O4S. The molecule has 0 saturated carbocycles. The van der Waals surface area contributed by atoms with Crippen molar-refractivity contribution in [3.05, 3.63) is 66.9 Å². The SMILES string of the molecule is CC(C)Cn1c(SCC(=O)Nc2ccc([N+](=O)[O-])cc2Cl)nc2ccc(Cl)cc2c1=O. The van der Waals surface area contributed by atoms with Gasteiger partial charge in [-0.15, -0.1) is 0 Å². The van der Waals surface area contributed by atoms with Crippen LogP contribution in [0.1, 0.15) is 13.8 Å². The van der Waals surface area contributed by atoms with Crippen LogP contribution in [0, 0.1) is 16.0 Å². The zero-order valence-corrected chi connectivity index (χ0v) is 18.9. The number of hydrogen-bond acceptors (Lipinski definition) is 6. The number of carbonyl (C=O) groups excluding carboxylic acids is 1. The van der Waals surface area contributed by atoms with Crippen molar-refractivity contribution in [1.82, 2.24) is 9.55 Å². The van der Waals surface area contributed by atoms with Gasteiger partial charge in [0.1, 0.15) is 0 Å². The van der Waals surface area contributed by atoms with Crippen LogP contribution in [0.3, 0.4) is 0 Å². The Morgan fingerprint density at radius 3 is 2.65 bits per heavy atom. The lowest BCUT2D eigenvalue weighted by Crippen LogP contribution is -2.26. The second-order valence-electron chi connectivity index (χ2n) is 7.12. The summed E-state index contributed by atoms with van der Waals surface area (Å²) in [7, 11) is 0. The molecule has 1 heterocycles. The van der Waals surface area contributed by atoms with Crippen LogP contribution in [-0.4, -0.2) is 26.1 Å². The van der Waals surface area contributed by atoms with Crippen LogP contribution in [0.15, 0.2) is 46.3 Å². The van der Waals surface area contributed by atoms with Gasteiger partial charge >= 0.3 is 0 Å². The minimum absolute atomic E-state index is 0.0308. The fourth-order valence-corrected chi connectivity index (χ4v) is 4.05. The monoisotopic (exact) mass is 480 g/mol. The maximum Gasteiger partial charge on any atom is 0.271 e. The summed E-state index contributed by atoms with van der Waals surface area (Å²) in [5, 5.41) is 14.8. The quantitative estimate of drug-likeness (QED) is 0.220. The Bertz CT molecular complexity index is 1230. The first-order valence-corrected chi connectivity index (χ1v) is 11.0. The number of nitrogens with zero attached hydrogens (tertiary/aromatic N) is 3. The predicted molar refractivity (Wildman–Crippen MR) is 123 cm³/mol. The number of aromatic nitrogens is 2. The number of nitro benzene ring substituents is 1. The summed E-state index contributed by atoms with van der Waals surface area (Å²) < 4.78 is 1.54. The van der Waals surface area contributed by atoms with Crippen LogP contribution in [0.2, 0.25) is 10.0 Å². The van der Waals surface area contributed by atoms with E-state index in [1.807, 2.05) is 13.8 Å². The molecule has 162 valence electrons. The van der Waals surface area contributed by atoms with Gasteiger partial charge in [0.15, 0.2) is 5.16 Å². The van der Waals surface area contributed by atoms with Crippen molar-refractivity contribution in [2.75, 3.05) is 11.1 Å². The largest absolute Gasteiger partial charge is 0.324 e. The van der Waals surface area contributed by atoms with E-state index in [-0.39, 0.29) is 39.5 Å². The fourth-order valence-electron chi connectivity index (χ4n) is 2.84. The van der Waals surface area contributed by atoms with Crippen molar-refractivity contribution in [1.29, 1.82) is 0 Å². The minimum Gasteiger partial charge on any atom is -0.324 e. The van der Waals surface area contributed by atoms with Gasteiger partial charge in [-0.25, -0.2) is 4.98 Å². The molecule has 0 unspecified atom stereocenters. The molecule has 1 amide bonds. The molecule has 8 nitrogen and oxygen atoms in total. The number of thioether (sulfide) groups is 1. The highest BCUT2D eigenvalue weighted by Gasteiger charge is 2.16. The molecule has 0 aliphatic heterocycles. The number of anilines is 1. The number of benzene rings is 2. The highest BCUT2D eigenvalue weighted by molar-refractivity contribution is 7.99. The van der Waals surface area contributed by atoms with Crippen molar-refractivity contribution in [3.63, 3.8) is 0 Å². The second kappa shape index (κ2) is 9.67. The van der Waals surface area contributed by atoms with E-state index in [1.165, 1.54) is 18.2 Å². The van der Waals surface area contributed by atoms with E-state index >= 15 is 0 Å². The Kier molecular flexibility index (Phi) is 7.19. The van der Waals surface area contributed by atoms with Crippen LogP contribution in [-0.2, 0) is 11.3 Å². The third-order valence-electron chi connectivity index (χ3n) is 4.20. The van der Waals surface area contributed by atoms with E-state index in [2.05, 4.69) is 10.3 Å². The average molecular weight is 481 g/mol. The Balaban J connectivity index is 1.82. The zero-order valence-electron chi connectivity index (χ0n) is 16.6. The van der Waals surface area contributed by atoms with Crippen molar-refractivity contribution in [3.8, 4) is 0 Å². The number of nitrogens with one attached hydrogen (secondary N) is 1. The molecule has 3 rings (SSSR count). The van der Waals surface area contributed by atoms with Gasteiger partial charge in [-0.2, -0.15) is 0 Å². The highest BCUT2D eigenvalue weighted by Crippen LogP contribution is 2.27. The number of halogens is 2. The number of nitro groups is 1. The summed E-state index contributed by atoms with van der Waals surface area (Å²) in [6, 6.07) is 8.70. The Hall–Kier alpha value is -2.62. The van der Waals surface area contributed by atoms with Crippen LogP contribution in [0.4, 0.5) is 11.4 Å². The van der Waals surface area contributed by atoms with Crippen LogP contribution in [0.5, 0.6) is 0 Å². The van der Waals surface area contributed by atoms with Gasteiger partial charge < -0.3 is 5.32 Å². The molecule has 3 aromatic rings. The Labute approximate surface area is 191 Å². The zero-order chi connectivity index (χ0) is 22.7. The van der Waals surface area contributed by atoms with E-state index in [1.54, 1.807) is 22.8 Å². The number of hydrogen-bond donors (Lipinski definition) is 1. The molecule has 0 saturated heterocycles. The van der Waals surface area contributed by atoms with Gasteiger partial charge in [-0.05, 0) is 30.2 Å². The summed E-state index contributed by atoms with van der Waals surface area (Å²) in [5.41, 5.74) is 0.368. The van der Waals surface area contributed by atoms with Gasteiger partial charge in [0.25, 0.3) is 11.2 Å². The molecule has 0 aliphatic rings. The molecule has 0 atom stereocenters. The van der Waals surface area contributed by atoms with Gasteiger partial charge in [-0.3, -0.25) is 24.3 Å². The van der Waals surface area contributed by atoms with E-state index in [0.717, 1.165) is 11.8 Å². The number of carbonyl (C=O) groups is 1. The summed E-state index contributed by atoms with van der Waals surface area (Å²) in [5.74, 6) is -0.234. The average Bonchev–Trinajstić information content (AvgIpc) is 2.70. The standard InChI is InChI=1S/C20H18Cl2N4O4S/c1-11(2)9-25-19(28)14-7-12(21)3-5-16(14)24-20(25)31-10-18(27)23-17-6-4-13(26(29)30)8-15(17)22/h3-8,11H,9-10H2,1-2H3,(H,23,27). The molecule has 0 aliphatic carbocycles. The Morgan fingerprint density at radius 1 is 1.26 bits per heavy atom. The van der Waals surface area contributed by atoms with E-state index < -0.39 is 4.92 Å². The topological polar surface area (TPSA) is 107 Å². The van der Waals surface area contributed by atoms with Crippen molar-refractivity contribution in [2.24, 2.45) is 5.92 Å². The van der Waals surface area contributed by atoms with E-state index in [9.17, 15) is 19.7 Å². The number of non-ortho nitro benzene ring substituents is 1. The van der Waals surface area contributed by atoms with Crippen LogP contribution in [0.25, 0.3) is 10.9 Å². The highest BCUT2D eigenvalue weighted by atomic mass is 35.5. The Morgan fingerprint density at radius 2 is 2.00 bits per heavy atom. The first kappa shape index (κ1) is 23.1. The van der Waals surface area contributed by atoms with Crippen molar-refractivity contribution < 1.29 is 9.72 Å². The normalized spacial score (nSPS) is 11.1. The van der Waals surface area contributed by atoms with Gasteiger partial charge in [-0.1, -0.05) is 48.8 Å². The predicted octanol–water partition coefficient (Wildman–Crippen LogP) is 5.00. The summed E-state index contributed by atoms with van der Waals surface area (Å²) in [6.45, 7) is 4.39. The fraction of sp³-hybridized carbons (Fsp3) is 0.250. The molecule has 0 bridgehead atoms. The lowest BCUT2D eigenvalue weighted by Gasteiger charge is -2.15. The molecular weight excluding hydrogens is 463 g/mol. The third-order valence-corrected chi connectivity index (χ3v) is 5.72. The smallest absolute Gasteiger partial charge is 0.271 e. The lowest BCUT2D eigenvalue weighted by atomic mass is 10.2. The third kappa shape index (κ3) is 5.55. The van der Waals surface area contributed by atoms with Crippen LogP contribution >= 0.6 is 35.0 Å². The van der Waals surface area contributed by atoms with Gasteiger partial charge in [0.05, 0.1) is 32.3 Å². The molecule has 1 aromatic heterocycles. The molecule has 1 N–H and O–H groups in total. The molecule has 0 fully saturated rings. The second-order valence-corrected chi connectivity index (χ2v) is 8.91. The number of amides is 1. The summed E-state index contributed by atoms with van der Waals surface area (Å²) in [4.78, 5) is 40.2. The summed E-state index contributed by atoms with van der Waals surface area (Å²) >= 11 is 13.2. The van der Waals surface area contributed by atoms with E-state index in [0.29, 0.717) is 27.6 Å². The maximum absolute atomic E-state index is 13.0.